The second-order valence-electron chi connectivity index (χ2n) is 11.4. The van der Waals surface area contributed by atoms with E-state index in [1.807, 2.05) is 4.90 Å². The van der Waals surface area contributed by atoms with Crippen LogP contribution in [0.1, 0.15) is 70.4 Å². The number of aryl methyl sites for hydroxylation is 1. The topological polar surface area (TPSA) is 88.1 Å². The third kappa shape index (κ3) is 9.38. The number of hydrogen-bond acceptors (Lipinski definition) is 6. The highest BCUT2D eigenvalue weighted by Crippen LogP contribution is 2.33. The van der Waals surface area contributed by atoms with Crippen LogP contribution < -0.4 is 10.1 Å². The first kappa shape index (κ1) is 29.6. The summed E-state index contributed by atoms with van der Waals surface area (Å²) in [5, 5.41) is 13.1. The Labute approximate surface area is 223 Å². The fraction of sp³-hybridized carbons (Fsp3) is 0.733. The number of carbonyl (C=O) groups excluding carboxylic acids is 2. The van der Waals surface area contributed by atoms with Crippen molar-refractivity contribution < 1.29 is 24.2 Å². The second kappa shape index (κ2) is 14.8. The first-order valence-electron chi connectivity index (χ1n) is 14.2. The van der Waals surface area contributed by atoms with E-state index in [1.54, 1.807) is 7.11 Å². The Hall–Kier alpha value is -1.96. The molecule has 1 aromatic carbocycles. The van der Waals surface area contributed by atoms with E-state index < -0.39 is 0 Å². The van der Waals surface area contributed by atoms with Gasteiger partial charge in [-0.2, -0.15) is 0 Å². The summed E-state index contributed by atoms with van der Waals surface area (Å²) < 4.78 is 11.1. The maximum Gasteiger partial charge on any atom is 0.227 e. The van der Waals surface area contributed by atoms with Gasteiger partial charge in [-0.05, 0) is 67.2 Å². The smallest absolute Gasteiger partial charge is 0.227 e. The number of ketones is 1. The molecule has 3 atom stereocenters. The maximum atomic E-state index is 13.7. The molecule has 7 nitrogen and oxygen atoms in total. The fourth-order valence-corrected chi connectivity index (χ4v) is 5.42. The molecule has 0 radical (unpaired) electrons. The molecular weight excluding hydrogens is 468 g/mol. The van der Waals surface area contributed by atoms with Gasteiger partial charge in [0.2, 0.25) is 5.91 Å². The third-order valence-electron chi connectivity index (χ3n) is 7.53. The van der Waals surface area contributed by atoms with E-state index in [0.29, 0.717) is 51.6 Å². The number of aliphatic hydroxyl groups excluding tert-OH is 1. The summed E-state index contributed by atoms with van der Waals surface area (Å²) in [5.74, 6) is 1.26. The number of hydrogen-bond donors (Lipinski definition) is 2. The van der Waals surface area contributed by atoms with Crippen LogP contribution in [0.2, 0.25) is 0 Å². The molecule has 0 spiro atoms. The summed E-state index contributed by atoms with van der Waals surface area (Å²) in [5.41, 5.74) is 2.30. The van der Waals surface area contributed by atoms with Crippen LogP contribution in [0.3, 0.4) is 0 Å². The number of methoxy groups -OCH3 is 1. The SMILES string of the molecule is CCc1cc(CN(C(=O)[C@H]2CNC[C@@H](C(=O)CC(CO)CC(C)C)C2)C2CC2)cc(OCCCOC)c1. The van der Waals surface area contributed by atoms with Gasteiger partial charge >= 0.3 is 0 Å². The summed E-state index contributed by atoms with van der Waals surface area (Å²) >= 11 is 0. The molecule has 0 bridgehead atoms. The van der Waals surface area contributed by atoms with Crippen molar-refractivity contribution in [1.29, 1.82) is 0 Å². The molecule has 1 aromatic rings. The van der Waals surface area contributed by atoms with Crippen molar-refractivity contribution in [3.8, 4) is 5.75 Å². The predicted molar refractivity (Wildman–Crippen MR) is 146 cm³/mol. The van der Waals surface area contributed by atoms with E-state index in [1.165, 1.54) is 5.56 Å². The van der Waals surface area contributed by atoms with Crippen LogP contribution in [0.5, 0.6) is 5.75 Å². The molecule has 37 heavy (non-hydrogen) atoms. The van der Waals surface area contributed by atoms with Gasteiger partial charge in [-0.1, -0.05) is 26.8 Å². The van der Waals surface area contributed by atoms with Crippen molar-refractivity contribution in [3.05, 3.63) is 29.3 Å². The Balaban J connectivity index is 1.65. The number of ether oxygens (including phenoxy) is 2. The van der Waals surface area contributed by atoms with Crippen molar-refractivity contribution in [2.75, 3.05) is 40.0 Å². The molecule has 2 aliphatic rings. The monoisotopic (exact) mass is 516 g/mol. The first-order chi connectivity index (χ1) is 17.8. The van der Waals surface area contributed by atoms with E-state index in [-0.39, 0.29) is 42.1 Å². The zero-order valence-electron chi connectivity index (χ0n) is 23.3. The van der Waals surface area contributed by atoms with Crippen molar-refractivity contribution in [2.24, 2.45) is 23.7 Å². The summed E-state index contributed by atoms with van der Waals surface area (Å²) in [4.78, 5) is 28.9. The Morgan fingerprint density at radius 2 is 1.84 bits per heavy atom. The van der Waals surface area contributed by atoms with Crippen molar-refractivity contribution >= 4 is 11.7 Å². The number of aliphatic hydroxyl groups is 1. The van der Waals surface area contributed by atoms with Crippen molar-refractivity contribution in [1.82, 2.24) is 10.2 Å². The number of Topliss-reactive ketones (excluding diaryl/α,β-unsaturated/α-hetero) is 1. The van der Waals surface area contributed by atoms with Crippen LogP contribution in [-0.4, -0.2) is 67.8 Å². The molecule has 1 saturated carbocycles. The molecule has 0 aromatic heterocycles. The summed E-state index contributed by atoms with van der Waals surface area (Å²) in [7, 11) is 1.69. The molecular formula is C30H48N2O5. The van der Waals surface area contributed by atoms with Crippen LogP contribution in [0, 0.1) is 23.7 Å². The van der Waals surface area contributed by atoms with Gasteiger partial charge in [-0.15, -0.1) is 0 Å². The van der Waals surface area contributed by atoms with E-state index in [4.69, 9.17) is 9.47 Å². The molecule has 1 saturated heterocycles. The van der Waals surface area contributed by atoms with Crippen LogP contribution in [0.4, 0.5) is 0 Å². The van der Waals surface area contributed by atoms with E-state index in [0.717, 1.165) is 43.4 Å². The molecule has 1 unspecified atom stereocenters. The van der Waals surface area contributed by atoms with Crippen molar-refractivity contribution in [2.45, 2.75) is 78.3 Å². The highest BCUT2D eigenvalue weighted by atomic mass is 16.5. The highest BCUT2D eigenvalue weighted by Gasteiger charge is 2.39. The molecule has 7 heteroatoms. The lowest BCUT2D eigenvalue weighted by molar-refractivity contribution is -0.138. The number of benzene rings is 1. The summed E-state index contributed by atoms with van der Waals surface area (Å²) in [6, 6.07) is 6.61. The molecule has 2 fully saturated rings. The lowest BCUT2D eigenvalue weighted by Crippen LogP contribution is -2.48. The second-order valence-corrected chi connectivity index (χ2v) is 11.4. The summed E-state index contributed by atoms with van der Waals surface area (Å²) in [6.45, 7) is 9.47. The van der Waals surface area contributed by atoms with E-state index in [2.05, 4.69) is 44.3 Å². The predicted octanol–water partition coefficient (Wildman–Crippen LogP) is 3.99. The molecule has 3 rings (SSSR count). The number of amides is 1. The molecule has 208 valence electrons. The molecule has 1 aliphatic carbocycles. The minimum Gasteiger partial charge on any atom is -0.493 e. The lowest BCUT2D eigenvalue weighted by Gasteiger charge is -2.33. The molecule has 1 amide bonds. The Kier molecular flexibility index (Phi) is 11.9. The van der Waals surface area contributed by atoms with Crippen molar-refractivity contribution in [3.63, 3.8) is 0 Å². The minimum absolute atomic E-state index is 0.00305. The van der Waals surface area contributed by atoms with Crippen LogP contribution in [0.25, 0.3) is 0 Å². The number of rotatable bonds is 16. The van der Waals surface area contributed by atoms with Gasteiger partial charge in [0.1, 0.15) is 11.5 Å². The molecule has 1 heterocycles. The molecule has 1 aliphatic heterocycles. The number of nitrogens with one attached hydrogen (secondary N) is 1. The quantitative estimate of drug-likeness (QED) is 0.323. The number of piperidine rings is 1. The first-order valence-corrected chi connectivity index (χ1v) is 14.2. The average Bonchev–Trinajstić information content (AvgIpc) is 3.74. The van der Waals surface area contributed by atoms with Crippen LogP contribution in [-0.2, 0) is 27.3 Å². The third-order valence-corrected chi connectivity index (χ3v) is 7.53. The van der Waals surface area contributed by atoms with Gasteiger partial charge in [0.05, 0.1) is 12.5 Å². The van der Waals surface area contributed by atoms with Crippen LogP contribution >= 0.6 is 0 Å². The fourth-order valence-electron chi connectivity index (χ4n) is 5.42. The normalized spacial score (nSPS) is 20.6. The van der Waals surface area contributed by atoms with Gasteiger partial charge in [0, 0.05) is 64.8 Å². The average molecular weight is 517 g/mol. The van der Waals surface area contributed by atoms with E-state index >= 15 is 0 Å². The van der Waals surface area contributed by atoms with Gasteiger partial charge in [-0.3, -0.25) is 9.59 Å². The standard InChI is InChI=1S/C30H48N2O5/c1-5-22-12-23(14-28(13-22)37-10-6-9-36-4)19-32(27-7-8-27)30(35)26-16-25(17-31-18-26)29(34)15-24(20-33)11-21(2)3/h12-14,21,24-27,31,33H,5-11,15-20H2,1-4H3/t24?,25-,26+/m0/s1. The van der Waals surface area contributed by atoms with Crippen LogP contribution in [0.15, 0.2) is 18.2 Å². The minimum atomic E-state index is -0.194. The zero-order chi connectivity index (χ0) is 26.8. The molecule has 2 N–H and O–H groups in total. The van der Waals surface area contributed by atoms with E-state index in [9.17, 15) is 14.7 Å². The lowest BCUT2D eigenvalue weighted by atomic mass is 9.82. The van der Waals surface area contributed by atoms with Gasteiger partial charge < -0.3 is 24.8 Å². The van der Waals surface area contributed by atoms with Gasteiger partial charge in [0.25, 0.3) is 0 Å². The van der Waals surface area contributed by atoms with Gasteiger partial charge in [0.15, 0.2) is 0 Å². The maximum absolute atomic E-state index is 13.7. The summed E-state index contributed by atoms with van der Waals surface area (Å²) in [6.07, 6.45) is 5.64. The Morgan fingerprint density at radius 1 is 1.11 bits per heavy atom. The Bertz CT molecular complexity index is 870. The Morgan fingerprint density at radius 3 is 2.49 bits per heavy atom. The largest absolute Gasteiger partial charge is 0.493 e. The van der Waals surface area contributed by atoms with Gasteiger partial charge in [-0.25, -0.2) is 0 Å². The number of nitrogens with zero attached hydrogens (tertiary/aromatic N) is 1. The highest BCUT2D eigenvalue weighted by molar-refractivity contribution is 5.84. The zero-order valence-corrected chi connectivity index (χ0v) is 23.3. The number of carbonyl (C=O) groups is 2.